The Labute approximate surface area is 193 Å². The molecule has 5 rings (SSSR count). The number of likely N-dealkylation sites (tertiary alicyclic amines) is 1. The first-order valence-corrected chi connectivity index (χ1v) is 10.7. The number of rotatable bonds is 4. The molecule has 4 fully saturated rings. The zero-order valence-electron chi connectivity index (χ0n) is 17.9. The van der Waals surface area contributed by atoms with Gasteiger partial charge in [0.2, 0.25) is 17.6 Å². The van der Waals surface area contributed by atoms with E-state index >= 15 is 0 Å². The van der Waals surface area contributed by atoms with E-state index in [1.807, 2.05) is 0 Å². The number of aliphatic hydroxyl groups is 2. The van der Waals surface area contributed by atoms with Gasteiger partial charge in [-0.15, -0.1) is 0 Å². The quantitative estimate of drug-likeness (QED) is 0.176. The molecule has 180 valence electrons. The van der Waals surface area contributed by atoms with Crippen molar-refractivity contribution in [3.05, 3.63) is 30.3 Å². The predicted octanol–water partition coefficient (Wildman–Crippen LogP) is -2.15. The van der Waals surface area contributed by atoms with E-state index in [2.05, 4.69) is 21.3 Å². The highest BCUT2D eigenvalue weighted by atomic mass is 16.6. The van der Waals surface area contributed by atoms with Gasteiger partial charge in [0.05, 0.1) is 25.2 Å². The predicted molar refractivity (Wildman–Crippen MR) is 115 cm³/mol. The van der Waals surface area contributed by atoms with Gasteiger partial charge in [0, 0.05) is 18.5 Å². The van der Waals surface area contributed by atoms with Gasteiger partial charge >= 0.3 is 6.09 Å². The summed E-state index contributed by atoms with van der Waals surface area (Å²) in [6.45, 7) is -0.411. The Bertz CT molecular complexity index is 1060. The maximum atomic E-state index is 12.5. The summed E-state index contributed by atoms with van der Waals surface area (Å²) in [7, 11) is 0. The van der Waals surface area contributed by atoms with Crippen LogP contribution in [0.5, 0.6) is 0 Å². The van der Waals surface area contributed by atoms with Gasteiger partial charge in [0.1, 0.15) is 0 Å². The number of ether oxygens (including phenoxy) is 1. The monoisotopic (exact) mass is 472 g/mol. The van der Waals surface area contributed by atoms with Crippen LogP contribution in [0.25, 0.3) is 0 Å². The molecule has 0 aliphatic carbocycles. The third-order valence-corrected chi connectivity index (χ3v) is 6.65. The highest BCUT2D eigenvalue weighted by Gasteiger charge is 2.75. The van der Waals surface area contributed by atoms with E-state index in [-0.39, 0.29) is 49.7 Å². The second-order valence-corrected chi connectivity index (χ2v) is 8.61. The number of nitrogens with one attached hydrogen (secondary N) is 6. The fraction of sp³-hybridized carbons (Fsp3) is 0.450. The van der Waals surface area contributed by atoms with Gasteiger partial charge in [-0.1, -0.05) is 18.2 Å². The molecule has 4 saturated heterocycles. The Balaban J connectivity index is 1.41. The normalized spacial score (nSPS) is 31.4. The van der Waals surface area contributed by atoms with Crippen LogP contribution >= 0.6 is 0 Å². The number of amides is 3. The Morgan fingerprint density at radius 2 is 1.82 bits per heavy atom. The summed E-state index contributed by atoms with van der Waals surface area (Å²) >= 11 is 0. The molecular weight excluding hydrogens is 448 g/mol. The standard InChI is InChI=1S/C20H24N8O6/c21-16-25-15-11(8-27-13(29)6-7-14(27)30)24-17(22)28-9-12(20(32,33)19(15,28)26-16)34-18(31)23-10-4-2-1-3-5-10/h1-5,11-12,15,32-33H,6-9H2,(H2,22,24)(H,23,31)(H3,21,25,26)/t11-,12-,15?,19+/m0/s1. The van der Waals surface area contributed by atoms with Gasteiger partial charge in [-0.25, -0.2) is 4.79 Å². The lowest BCUT2D eigenvalue weighted by atomic mass is 9.85. The number of anilines is 1. The van der Waals surface area contributed by atoms with Gasteiger partial charge in [-0.2, -0.15) is 0 Å². The zero-order chi connectivity index (χ0) is 24.3. The lowest BCUT2D eigenvalue weighted by molar-refractivity contribution is -0.257. The number of nitrogens with zero attached hydrogens (tertiary/aromatic N) is 2. The van der Waals surface area contributed by atoms with Crippen molar-refractivity contribution >= 4 is 35.5 Å². The van der Waals surface area contributed by atoms with E-state index in [0.29, 0.717) is 5.69 Å². The molecule has 3 amide bonds. The van der Waals surface area contributed by atoms with E-state index in [4.69, 9.17) is 15.6 Å². The van der Waals surface area contributed by atoms with Crippen molar-refractivity contribution in [1.29, 1.82) is 10.8 Å². The Morgan fingerprint density at radius 1 is 1.15 bits per heavy atom. The molecule has 34 heavy (non-hydrogen) atoms. The van der Waals surface area contributed by atoms with Crippen LogP contribution in [0.1, 0.15) is 12.8 Å². The average Bonchev–Trinajstić information content (AvgIpc) is 3.37. The van der Waals surface area contributed by atoms with Crippen LogP contribution in [-0.4, -0.2) is 92.6 Å². The lowest BCUT2D eigenvalue weighted by Crippen LogP contribution is -2.81. The molecule has 0 saturated carbocycles. The lowest BCUT2D eigenvalue weighted by Gasteiger charge is -2.51. The van der Waals surface area contributed by atoms with Crippen LogP contribution < -0.4 is 21.3 Å². The molecular formula is C20H24N8O6. The Kier molecular flexibility index (Phi) is 4.87. The van der Waals surface area contributed by atoms with Crippen LogP contribution in [0.2, 0.25) is 0 Å². The maximum Gasteiger partial charge on any atom is 0.412 e. The van der Waals surface area contributed by atoms with E-state index in [9.17, 15) is 24.6 Å². The largest absolute Gasteiger partial charge is 0.438 e. The SMILES string of the molecule is N=C1NC2[C@H](CN3C(=O)CCC3=O)NC(=N)N3C[C@H](OC(=O)Nc4ccccc4)C(O)(O)[C@@]23N1. The summed E-state index contributed by atoms with van der Waals surface area (Å²) in [5.74, 6) is -3.97. The highest BCUT2D eigenvalue weighted by Crippen LogP contribution is 2.44. The Hall–Kier alpha value is -3.91. The topological polar surface area (TPSA) is 203 Å². The van der Waals surface area contributed by atoms with Gasteiger partial charge in [-0.05, 0) is 12.1 Å². The van der Waals surface area contributed by atoms with Crippen molar-refractivity contribution in [2.24, 2.45) is 0 Å². The van der Waals surface area contributed by atoms with E-state index < -0.39 is 35.7 Å². The number of benzene rings is 1. The van der Waals surface area contributed by atoms with Gasteiger partial charge in [0.25, 0.3) is 0 Å². The van der Waals surface area contributed by atoms with Crippen LogP contribution in [-0.2, 0) is 14.3 Å². The smallest absolute Gasteiger partial charge is 0.412 e. The molecule has 4 atom stereocenters. The van der Waals surface area contributed by atoms with E-state index in [1.165, 1.54) is 4.90 Å². The fourth-order valence-corrected chi connectivity index (χ4v) is 5.09. The number of carbonyl (C=O) groups excluding carboxylic acids is 3. The minimum atomic E-state index is -2.76. The number of carbonyl (C=O) groups is 3. The number of guanidine groups is 2. The zero-order valence-corrected chi connectivity index (χ0v) is 17.9. The molecule has 0 aromatic heterocycles. The number of imide groups is 1. The van der Waals surface area contributed by atoms with Crippen molar-refractivity contribution in [3.8, 4) is 0 Å². The minimum Gasteiger partial charge on any atom is -0.438 e. The molecule has 14 heteroatoms. The third kappa shape index (κ3) is 3.13. The number of hydrogen-bond donors (Lipinski definition) is 8. The van der Waals surface area contributed by atoms with Crippen molar-refractivity contribution in [2.45, 2.75) is 42.5 Å². The molecule has 1 aromatic carbocycles. The van der Waals surface area contributed by atoms with Crippen LogP contribution in [0.3, 0.4) is 0 Å². The van der Waals surface area contributed by atoms with E-state index in [1.54, 1.807) is 30.3 Å². The number of hydrogen-bond acceptors (Lipinski definition) is 8. The molecule has 1 unspecified atom stereocenters. The first-order valence-electron chi connectivity index (χ1n) is 10.7. The molecule has 4 heterocycles. The Morgan fingerprint density at radius 3 is 2.50 bits per heavy atom. The molecule has 4 aliphatic heterocycles. The molecule has 0 bridgehead atoms. The summed E-state index contributed by atoms with van der Waals surface area (Å²) in [6, 6.07) is 6.64. The highest BCUT2D eigenvalue weighted by molar-refractivity contribution is 6.02. The fourth-order valence-electron chi connectivity index (χ4n) is 5.09. The summed E-state index contributed by atoms with van der Waals surface area (Å²) in [5.41, 5.74) is -1.43. The van der Waals surface area contributed by atoms with Crippen molar-refractivity contribution in [3.63, 3.8) is 0 Å². The molecule has 14 nitrogen and oxygen atoms in total. The number of para-hydroxylation sites is 1. The first kappa shape index (κ1) is 21.9. The van der Waals surface area contributed by atoms with Crippen LogP contribution in [0.4, 0.5) is 10.5 Å². The van der Waals surface area contributed by atoms with Crippen LogP contribution in [0, 0.1) is 10.8 Å². The second-order valence-electron chi connectivity index (χ2n) is 8.61. The molecule has 8 N–H and O–H groups in total. The molecule has 4 aliphatic rings. The van der Waals surface area contributed by atoms with E-state index in [0.717, 1.165) is 4.90 Å². The first-order chi connectivity index (χ1) is 16.1. The molecule has 1 aromatic rings. The van der Waals surface area contributed by atoms with Crippen molar-refractivity contribution in [2.75, 3.05) is 18.4 Å². The van der Waals surface area contributed by atoms with Crippen LogP contribution in [0.15, 0.2) is 30.3 Å². The summed E-state index contributed by atoms with van der Waals surface area (Å²) < 4.78 is 5.34. The third-order valence-electron chi connectivity index (χ3n) is 6.65. The second kappa shape index (κ2) is 7.56. The average molecular weight is 472 g/mol. The summed E-state index contributed by atoms with van der Waals surface area (Å²) in [6.07, 6.45) is -2.26. The van der Waals surface area contributed by atoms with Crippen molar-refractivity contribution in [1.82, 2.24) is 25.8 Å². The minimum absolute atomic E-state index is 0.0861. The summed E-state index contributed by atoms with van der Waals surface area (Å²) in [4.78, 5) is 39.1. The van der Waals surface area contributed by atoms with Gasteiger partial charge in [-0.3, -0.25) is 30.6 Å². The maximum absolute atomic E-state index is 12.5. The molecule has 1 spiro atoms. The van der Waals surface area contributed by atoms with Crippen molar-refractivity contribution < 1.29 is 29.3 Å². The molecule has 0 radical (unpaired) electrons. The summed E-state index contributed by atoms with van der Waals surface area (Å²) in [5, 5.41) is 50.0. The van der Waals surface area contributed by atoms with Gasteiger partial charge < -0.3 is 35.8 Å². The van der Waals surface area contributed by atoms with Gasteiger partial charge in [0.15, 0.2) is 23.7 Å².